The second kappa shape index (κ2) is 7.55. The minimum atomic E-state index is -1.01. The van der Waals surface area contributed by atoms with Gasteiger partial charge in [0.25, 0.3) is 5.91 Å². The van der Waals surface area contributed by atoms with Crippen molar-refractivity contribution in [3.8, 4) is 11.5 Å². The molecule has 2 aromatic rings. The molecule has 1 saturated heterocycles. The number of benzene rings is 2. The van der Waals surface area contributed by atoms with E-state index in [9.17, 15) is 14.7 Å². The first-order valence-electron chi connectivity index (χ1n) is 7.83. The number of hydrogen-bond donors (Lipinski definition) is 1. The van der Waals surface area contributed by atoms with Gasteiger partial charge in [0.05, 0.1) is 23.3 Å². The highest BCUT2D eigenvalue weighted by atomic mass is 32.2. The molecule has 0 spiro atoms. The van der Waals surface area contributed by atoms with E-state index >= 15 is 0 Å². The number of carbonyl (C=O) groups is 2. The van der Waals surface area contributed by atoms with Crippen LogP contribution in [0.1, 0.15) is 15.9 Å². The Morgan fingerprint density at radius 1 is 1.26 bits per heavy atom. The summed E-state index contributed by atoms with van der Waals surface area (Å²) in [4.78, 5) is 29.6. The second-order valence-electron chi connectivity index (χ2n) is 5.63. The SMILES string of the molecule is COc1cc(/C=C2\SC(=Nc3ccc(C(=O)O)cc3)N(C)C2=O)ccc1[O-]. The summed E-state index contributed by atoms with van der Waals surface area (Å²) in [6.45, 7) is 0. The Kier molecular flexibility index (Phi) is 5.18. The third kappa shape index (κ3) is 3.95. The Morgan fingerprint density at radius 3 is 2.59 bits per heavy atom. The smallest absolute Gasteiger partial charge is 0.335 e. The van der Waals surface area contributed by atoms with Crippen LogP contribution >= 0.6 is 11.8 Å². The van der Waals surface area contributed by atoms with Gasteiger partial charge in [-0.25, -0.2) is 9.79 Å². The van der Waals surface area contributed by atoms with Gasteiger partial charge in [0.1, 0.15) is 5.75 Å². The first-order chi connectivity index (χ1) is 12.9. The number of rotatable bonds is 4. The number of carbonyl (C=O) groups excluding carboxylic acids is 1. The summed E-state index contributed by atoms with van der Waals surface area (Å²) in [5, 5.41) is 21.0. The molecular formula is C19H15N2O5S-. The Balaban J connectivity index is 1.87. The van der Waals surface area contributed by atoms with Gasteiger partial charge in [-0.1, -0.05) is 17.9 Å². The fourth-order valence-corrected chi connectivity index (χ4v) is 3.35. The van der Waals surface area contributed by atoms with Crippen molar-refractivity contribution in [1.82, 2.24) is 4.90 Å². The molecule has 7 nitrogen and oxygen atoms in total. The van der Waals surface area contributed by atoms with Gasteiger partial charge < -0.3 is 14.9 Å². The molecule has 1 amide bonds. The van der Waals surface area contributed by atoms with Crippen molar-refractivity contribution >= 4 is 40.6 Å². The zero-order valence-electron chi connectivity index (χ0n) is 14.5. The average molecular weight is 383 g/mol. The number of ether oxygens (including phenoxy) is 1. The summed E-state index contributed by atoms with van der Waals surface area (Å²) < 4.78 is 5.02. The van der Waals surface area contributed by atoms with Gasteiger partial charge in [0.15, 0.2) is 5.17 Å². The number of methoxy groups -OCH3 is 1. The van der Waals surface area contributed by atoms with Crippen LogP contribution in [0.25, 0.3) is 6.08 Å². The van der Waals surface area contributed by atoms with Gasteiger partial charge in [-0.15, -0.1) is 0 Å². The molecule has 0 radical (unpaired) electrons. The van der Waals surface area contributed by atoms with E-state index in [4.69, 9.17) is 9.84 Å². The van der Waals surface area contributed by atoms with Gasteiger partial charge in [-0.3, -0.25) is 9.69 Å². The first kappa shape index (κ1) is 18.5. The molecule has 8 heteroatoms. The maximum absolute atomic E-state index is 12.5. The largest absolute Gasteiger partial charge is 0.870 e. The fraction of sp³-hybridized carbons (Fsp3) is 0.105. The van der Waals surface area contributed by atoms with Crippen LogP contribution in [0.15, 0.2) is 52.4 Å². The molecule has 0 unspecified atom stereocenters. The Bertz CT molecular complexity index is 967. The van der Waals surface area contributed by atoms with E-state index in [-0.39, 0.29) is 23.0 Å². The average Bonchev–Trinajstić information content (AvgIpc) is 2.91. The van der Waals surface area contributed by atoms with E-state index in [1.165, 1.54) is 42.0 Å². The predicted octanol–water partition coefficient (Wildman–Crippen LogP) is 2.70. The van der Waals surface area contributed by atoms with Gasteiger partial charge in [-0.2, -0.15) is 0 Å². The lowest BCUT2D eigenvalue weighted by molar-refractivity contribution is -0.270. The Labute approximate surface area is 159 Å². The van der Waals surface area contributed by atoms with Crippen LogP contribution < -0.4 is 9.84 Å². The van der Waals surface area contributed by atoms with Crippen LogP contribution in [0.5, 0.6) is 11.5 Å². The molecule has 27 heavy (non-hydrogen) atoms. The lowest BCUT2D eigenvalue weighted by Gasteiger charge is -2.12. The molecule has 1 N–H and O–H groups in total. The van der Waals surface area contributed by atoms with E-state index in [2.05, 4.69) is 4.99 Å². The summed E-state index contributed by atoms with van der Waals surface area (Å²) in [5.41, 5.74) is 1.38. The van der Waals surface area contributed by atoms with Crippen LogP contribution in [0.3, 0.4) is 0 Å². The van der Waals surface area contributed by atoms with Crippen LogP contribution in [-0.2, 0) is 4.79 Å². The molecule has 0 bridgehead atoms. The van der Waals surface area contributed by atoms with Crippen molar-refractivity contribution in [3.05, 3.63) is 58.5 Å². The Morgan fingerprint density at radius 2 is 1.96 bits per heavy atom. The van der Waals surface area contributed by atoms with E-state index < -0.39 is 5.97 Å². The maximum Gasteiger partial charge on any atom is 0.335 e. The van der Waals surface area contributed by atoms with E-state index in [1.807, 2.05) is 0 Å². The van der Waals surface area contributed by atoms with Crippen LogP contribution in [-0.4, -0.2) is 41.2 Å². The first-order valence-corrected chi connectivity index (χ1v) is 8.65. The minimum Gasteiger partial charge on any atom is -0.870 e. The molecule has 1 aliphatic heterocycles. The fourth-order valence-electron chi connectivity index (χ4n) is 2.37. The zero-order chi connectivity index (χ0) is 19.6. The molecule has 138 valence electrons. The van der Waals surface area contributed by atoms with Gasteiger partial charge in [-0.05, 0) is 53.7 Å². The van der Waals surface area contributed by atoms with Crippen LogP contribution in [0.2, 0.25) is 0 Å². The number of hydrogen-bond acceptors (Lipinski definition) is 6. The monoisotopic (exact) mass is 383 g/mol. The quantitative estimate of drug-likeness (QED) is 0.815. The number of carboxylic acid groups (broad SMARTS) is 1. The van der Waals surface area contributed by atoms with Crippen molar-refractivity contribution < 1.29 is 24.5 Å². The van der Waals surface area contributed by atoms with E-state index in [0.29, 0.717) is 21.3 Å². The predicted molar refractivity (Wildman–Crippen MR) is 101 cm³/mol. The molecular weight excluding hydrogens is 368 g/mol. The molecule has 0 aliphatic carbocycles. The number of thioether (sulfide) groups is 1. The van der Waals surface area contributed by atoms with Crippen molar-refractivity contribution in [2.24, 2.45) is 4.99 Å². The Hall–Kier alpha value is -3.26. The molecule has 3 rings (SSSR count). The van der Waals surface area contributed by atoms with E-state index in [1.54, 1.807) is 37.4 Å². The molecule has 2 aromatic carbocycles. The van der Waals surface area contributed by atoms with Crippen molar-refractivity contribution in [2.45, 2.75) is 0 Å². The number of nitrogens with zero attached hydrogens (tertiary/aromatic N) is 2. The van der Waals surface area contributed by atoms with Gasteiger partial charge in [0.2, 0.25) is 0 Å². The summed E-state index contributed by atoms with van der Waals surface area (Å²) >= 11 is 1.20. The second-order valence-corrected chi connectivity index (χ2v) is 6.64. The lowest BCUT2D eigenvalue weighted by Crippen LogP contribution is -2.23. The maximum atomic E-state index is 12.5. The molecule has 0 aromatic heterocycles. The summed E-state index contributed by atoms with van der Waals surface area (Å²) in [6.07, 6.45) is 1.67. The number of carboxylic acids is 1. The number of aromatic carboxylic acids is 1. The standard InChI is InChI=1S/C19H16N2O5S/c1-21-17(23)16(10-11-3-8-14(22)15(9-11)26-2)27-19(21)20-13-6-4-12(5-7-13)18(24)25/h3-10,22H,1-2H3,(H,24,25)/p-1/b16-10-,20-19?. The van der Waals surface area contributed by atoms with Crippen LogP contribution in [0, 0.1) is 0 Å². The molecule has 0 atom stereocenters. The lowest BCUT2D eigenvalue weighted by atomic mass is 10.2. The zero-order valence-corrected chi connectivity index (χ0v) is 15.3. The van der Waals surface area contributed by atoms with Crippen LogP contribution in [0.4, 0.5) is 5.69 Å². The molecule has 1 heterocycles. The third-order valence-electron chi connectivity index (χ3n) is 3.83. The third-order valence-corrected chi connectivity index (χ3v) is 4.89. The van der Waals surface area contributed by atoms with E-state index in [0.717, 1.165) is 0 Å². The summed E-state index contributed by atoms with van der Waals surface area (Å²) in [6, 6.07) is 10.6. The van der Waals surface area contributed by atoms with Gasteiger partial charge in [0, 0.05) is 7.05 Å². The number of amides is 1. The molecule has 1 fully saturated rings. The number of likely N-dealkylation sites (N-methyl/N-ethyl adjacent to an activating group) is 1. The van der Waals surface area contributed by atoms with Crippen molar-refractivity contribution in [3.63, 3.8) is 0 Å². The minimum absolute atomic E-state index is 0.166. The molecule has 1 aliphatic rings. The highest BCUT2D eigenvalue weighted by Gasteiger charge is 2.30. The van der Waals surface area contributed by atoms with Gasteiger partial charge >= 0.3 is 5.97 Å². The van der Waals surface area contributed by atoms with Crippen molar-refractivity contribution in [1.29, 1.82) is 0 Å². The number of amidine groups is 1. The summed E-state index contributed by atoms with van der Waals surface area (Å²) in [7, 11) is 3.03. The highest BCUT2D eigenvalue weighted by molar-refractivity contribution is 8.18. The van der Waals surface area contributed by atoms with Crippen molar-refractivity contribution in [2.75, 3.05) is 14.2 Å². The normalized spacial score (nSPS) is 17.0. The molecule has 0 saturated carbocycles. The topological polar surface area (TPSA) is 102 Å². The number of aliphatic imine (C=N–C) groups is 1. The summed E-state index contributed by atoms with van der Waals surface area (Å²) in [5.74, 6) is -1.25. The highest BCUT2D eigenvalue weighted by Crippen LogP contribution is 2.34.